The molecule has 0 aliphatic carbocycles. The van der Waals surface area contributed by atoms with Crippen molar-refractivity contribution in [3.05, 3.63) is 42.2 Å². The summed E-state index contributed by atoms with van der Waals surface area (Å²) in [4.78, 5) is 0. The molecule has 2 heterocycles. The summed E-state index contributed by atoms with van der Waals surface area (Å²) >= 11 is 0. The lowest BCUT2D eigenvalue weighted by molar-refractivity contribution is 0.113. The lowest BCUT2D eigenvalue weighted by Crippen LogP contribution is -2.41. The first-order valence-electron chi connectivity index (χ1n) is 6.16. The number of benzene rings is 1. The number of hydrogen-bond acceptors (Lipinski definition) is 3. The van der Waals surface area contributed by atoms with Crippen LogP contribution in [0.1, 0.15) is 18.5 Å². The minimum atomic E-state index is -1.38. The molecule has 1 N–H and O–H groups in total. The van der Waals surface area contributed by atoms with E-state index in [1.165, 1.54) is 6.20 Å². The highest BCUT2D eigenvalue weighted by atomic mass is 19.1. The molecule has 94 valence electrons. The minimum absolute atomic E-state index is 0.327. The highest BCUT2D eigenvalue weighted by Crippen LogP contribution is 2.33. The third-order valence-corrected chi connectivity index (χ3v) is 3.34. The molecule has 0 saturated carbocycles. The van der Waals surface area contributed by atoms with E-state index in [-0.39, 0.29) is 0 Å². The topological polar surface area (TPSA) is 42.7 Å². The minimum Gasteiger partial charge on any atom is -0.313 e. The van der Waals surface area contributed by atoms with Crippen molar-refractivity contribution < 1.29 is 4.39 Å². The predicted molar refractivity (Wildman–Crippen MR) is 66.2 cm³/mol. The van der Waals surface area contributed by atoms with E-state index in [4.69, 9.17) is 0 Å². The van der Waals surface area contributed by atoms with Crippen LogP contribution in [0.25, 0.3) is 5.69 Å². The molecule has 5 heteroatoms. The lowest BCUT2D eigenvalue weighted by atomic mass is 9.93. The maximum Gasteiger partial charge on any atom is 0.166 e. The first kappa shape index (κ1) is 11.3. The number of halogens is 1. The molecule has 1 aromatic heterocycles. The van der Waals surface area contributed by atoms with Gasteiger partial charge in [0.15, 0.2) is 5.67 Å². The van der Waals surface area contributed by atoms with Gasteiger partial charge in [0, 0.05) is 6.54 Å². The van der Waals surface area contributed by atoms with E-state index >= 15 is 0 Å². The average Bonchev–Trinajstić information content (AvgIpc) is 2.91. The Bertz CT molecular complexity index is 517. The van der Waals surface area contributed by atoms with Crippen molar-refractivity contribution >= 4 is 0 Å². The van der Waals surface area contributed by atoms with E-state index in [1.807, 2.05) is 30.3 Å². The van der Waals surface area contributed by atoms with Gasteiger partial charge in [-0.3, -0.25) is 0 Å². The third kappa shape index (κ3) is 1.90. The molecular weight excluding hydrogens is 231 g/mol. The molecule has 1 aliphatic heterocycles. The largest absolute Gasteiger partial charge is 0.313 e. The van der Waals surface area contributed by atoms with Gasteiger partial charge in [-0.2, -0.15) is 0 Å². The molecule has 1 unspecified atom stereocenters. The zero-order valence-corrected chi connectivity index (χ0v) is 10.0. The molecule has 1 atom stereocenters. The summed E-state index contributed by atoms with van der Waals surface area (Å²) in [7, 11) is 0. The number of para-hydroxylation sites is 1. The van der Waals surface area contributed by atoms with Crippen molar-refractivity contribution in [1.29, 1.82) is 0 Å². The summed E-state index contributed by atoms with van der Waals surface area (Å²) < 4.78 is 16.5. The van der Waals surface area contributed by atoms with E-state index in [0.29, 0.717) is 18.7 Å². The van der Waals surface area contributed by atoms with E-state index in [0.717, 1.165) is 18.7 Å². The lowest BCUT2D eigenvalue weighted by Gasteiger charge is -2.30. The number of piperidine rings is 1. The molecule has 0 amide bonds. The number of rotatable bonds is 2. The third-order valence-electron chi connectivity index (χ3n) is 3.34. The Balaban J connectivity index is 2.01. The number of aromatic nitrogens is 3. The summed E-state index contributed by atoms with van der Waals surface area (Å²) in [5.74, 6) is 0. The van der Waals surface area contributed by atoms with Crippen molar-refractivity contribution in [2.45, 2.75) is 18.5 Å². The normalized spacial score (nSPS) is 24.1. The molecule has 1 saturated heterocycles. The summed E-state index contributed by atoms with van der Waals surface area (Å²) in [5, 5.41) is 11.0. The van der Waals surface area contributed by atoms with Crippen LogP contribution in [0.2, 0.25) is 0 Å². The highest BCUT2D eigenvalue weighted by molar-refractivity contribution is 5.33. The first-order valence-corrected chi connectivity index (χ1v) is 6.16. The van der Waals surface area contributed by atoms with Crippen LogP contribution in [0.4, 0.5) is 4.39 Å². The fourth-order valence-corrected chi connectivity index (χ4v) is 2.39. The molecule has 2 aromatic rings. The van der Waals surface area contributed by atoms with Crippen LogP contribution in [-0.2, 0) is 5.67 Å². The number of nitrogens with one attached hydrogen (secondary N) is 1. The Kier molecular flexibility index (Phi) is 2.83. The van der Waals surface area contributed by atoms with Gasteiger partial charge in [-0.25, -0.2) is 9.07 Å². The molecule has 1 fully saturated rings. The Hall–Kier alpha value is -1.75. The Morgan fingerprint density at radius 1 is 1.28 bits per heavy atom. The Morgan fingerprint density at radius 3 is 2.83 bits per heavy atom. The van der Waals surface area contributed by atoms with Crippen molar-refractivity contribution in [2.75, 3.05) is 13.1 Å². The number of alkyl halides is 1. The van der Waals surface area contributed by atoms with Crippen molar-refractivity contribution in [1.82, 2.24) is 20.3 Å². The highest BCUT2D eigenvalue weighted by Gasteiger charge is 2.37. The van der Waals surface area contributed by atoms with E-state index in [9.17, 15) is 4.39 Å². The van der Waals surface area contributed by atoms with Crippen LogP contribution < -0.4 is 5.32 Å². The van der Waals surface area contributed by atoms with Crippen LogP contribution in [0, 0.1) is 0 Å². The number of nitrogens with zero attached hydrogens (tertiary/aromatic N) is 3. The number of hydrogen-bond donors (Lipinski definition) is 1. The SMILES string of the molecule is FC1(c2cnnn2-c2ccccc2)CCCNC1. The van der Waals surface area contributed by atoms with Gasteiger partial charge in [0.25, 0.3) is 0 Å². The van der Waals surface area contributed by atoms with Crippen LogP contribution in [0.5, 0.6) is 0 Å². The summed E-state index contributed by atoms with van der Waals surface area (Å²) in [6.07, 6.45) is 2.87. The molecule has 1 aliphatic rings. The summed E-state index contributed by atoms with van der Waals surface area (Å²) in [5.41, 5.74) is -0.00841. The summed E-state index contributed by atoms with van der Waals surface area (Å²) in [6.45, 7) is 1.20. The monoisotopic (exact) mass is 246 g/mol. The quantitative estimate of drug-likeness (QED) is 0.879. The fraction of sp³-hybridized carbons (Fsp3) is 0.385. The molecule has 4 nitrogen and oxygen atoms in total. The van der Waals surface area contributed by atoms with Gasteiger partial charge >= 0.3 is 0 Å². The molecule has 0 bridgehead atoms. The van der Waals surface area contributed by atoms with Gasteiger partial charge in [-0.05, 0) is 31.5 Å². The van der Waals surface area contributed by atoms with Gasteiger partial charge in [0.1, 0.15) is 5.69 Å². The standard InChI is InChI=1S/C13H15FN4/c14-13(7-4-8-15-10-13)12-9-16-17-18(12)11-5-2-1-3-6-11/h1-3,5-6,9,15H,4,7-8,10H2. The zero-order chi connectivity index (χ0) is 12.4. The zero-order valence-electron chi connectivity index (χ0n) is 10.0. The van der Waals surface area contributed by atoms with E-state index in [1.54, 1.807) is 4.68 Å². The second kappa shape index (κ2) is 4.49. The van der Waals surface area contributed by atoms with Crippen molar-refractivity contribution in [3.63, 3.8) is 0 Å². The molecule has 3 rings (SSSR count). The van der Waals surface area contributed by atoms with Crippen LogP contribution in [0.3, 0.4) is 0 Å². The molecule has 18 heavy (non-hydrogen) atoms. The second-order valence-corrected chi connectivity index (χ2v) is 4.61. The molecule has 0 spiro atoms. The maximum atomic E-state index is 14.9. The van der Waals surface area contributed by atoms with Gasteiger partial charge < -0.3 is 5.32 Å². The van der Waals surface area contributed by atoms with Crippen LogP contribution in [0.15, 0.2) is 36.5 Å². The van der Waals surface area contributed by atoms with E-state index < -0.39 is 5.67 Å². The smallest absolute Gasteiger partial charge is 0.166 e. The van der Waals surface area contributed by atoms with E-state index in [2.05, 4.69) is 15.6 Å². The second-order valence-electron chi connectivity index (χ2n) is 4.61. The fourth-order valence-electron chi connectivity index (χ4n) is 2.39. The molecule has 0 radical (unpaired) electrons. The molecule has 1 aromatic carbocycles. The summed E-state index contributed by atoms with van der Waals surface area (Å²) in [6, 6.07) is 9.54. The Labute approximate surface area is 105 Å². The van der Waals surface area contributed by atoms with Gasteiger partial charge in [-0.15, -0.1) is 5.10 Å². The van der Waals surface area contributed by atoms with Crippen LogP contribution >= 0.6 is 0 Å². The first-order chi connectivity index (χ1) is 8.80. The van der Waals surface area contributed by atoms with Gasteiger partial charge in [0.05, 0.1) is 11.9 Å². The maximum absolute atomic E-state index is 14.9. The van der Waals surface area contributed by atoms with Gasteiger partial charge in [-0.1, -0.05) is 23.4 Å². The Morgan fingerprint density at radius 2 is 2.11 bits per heavy atom. The predicted octanol–water partition coefficient (Wildman–Crippen LogP) is 1.82. The van der Waals surface area contributed by atoms with Gasteiger partial charge in [0.2, 0.25) is 0 Å². The van der Waals surface area contributed by atoms with Crippen LogP contribution in [-0.4, -0.2) is 28.1 Å². The molecular formula is C13H15FN4. The average molecular weight is 246 g/mol. The van der Waals surface area contributed by atoms with Crippen molar-refractivity contribution in [3.8, 4) is 5.69 Å². The van der Waals surface area contributed by atoms with Crippen molar-refractivity contribution in [2.24, 2.45) is 0 Å².